The predicted molar refractivity (Wildman–Crippen MR) is 71.4 cm³/mol. The highest BCUT2D eigenvalue weighted by molar-refractivity contribution is 5.89. The Morgan fingerprint density at radius 3 is 2.95 bits per heavy atom. The third kappa shape index (κ3) is 2.03. The van der Waals surface area contributed by atoms with Crippen molar-refractivity contribution in [1.82, 2.24) is 14.7 Å². The van der Waals surface area contributed by atoms with E-state index in [9.17, 15) is 10.1 Å². The minimum atomic E-state index is -0.379. The lowest BCUT2D eigenvalue weighted by atomic mass is 10.2. The van der Waals surface area contributed by atoms with E-state index in [4.69, 9.17) is 4.52 Å². The number of non-ortho nitro benzene ring substituents is 1. The van der Waals surface area contributed by atoms with Gasteiger partial charge in [0.15, 0.2) is 5.82 Å². The minimum absolute atomic E-state index is 0.101. The van der Waals surface area contributed by atoms with Crippen molar-refractivity contribution in [3.05, 3.63) is 52.3 Å². The second-order valence-electron chi connectivity index (χ2n) is 4.37. The third-order valence-corrected chi connectivity index (χ3v) is 3.11. The van der Waals surface area contributed by atoms with Gasteiger partial charge in [-0.15, -0.1) is 0 Å². The van der Waals surface area contributed by atoms with Crippen LogP contribution in [0, 0.1) is 10.1 Å². The third-order valence-electron chi connectivity index (χ3n) is 3.11. The predicted octanol–water partition coefficient (Wildman–Crippen LogP) is 2.54. The average molecular weight is 272 g/mol. The Hall–Kier alpha value is -2.70. The SMILES string of the molecule is CCc1nc(Cn2ccc3c([N+](=O)[O-])cccc32)no1. The second kappa shape index (κ2) is 4.76. The van der Waals surface area contributed by atoms with Gasteiger partial charge in [-0.25, -0.2) is 0 Å². The molecule has 3 rings (SSSR count). The molecule has 0 aliphatic heterocycles. The fraction of sp³-hybridized carbons (Fsp3) is 0.231. The Kier molecular flexibility index (Phi) is 2.94. The monoisotopic (exact) mass is 272 g/mol. The zero-order valence-electron chi connectivity index (χ0n) is 10.8. The maximum atomic E-state index is 11.0. The van der Waals surface area contributed by atoms with Gasteiger partial charge < -0.3 is 9.09 Å². The van der Waals surface area contributed by atoms with Crippen LogP contribution in [0.3, 0.4) is 0 Å². The van der Waals surface area contributed by atoms with Gasteiger partial charge in [0.1, 0.15) is 0 Å². The molecule has 0 aliphatic carbocycles. The van der Waals surface area contributed by atoms with Crippen molar-refractivity contribution in [2.24, 2.45) is 0 Å². The Labute approximate surface area is 114 Å². The topological polar surface area (TPSA) is 87.0 Å². The number of nitrogens with zero attached hydrogens (tertiary/aromatic N) is 4. The zero-order chi connectivity index (χ0) is 14.1. The lowest BCUT2D eigenvalue weighted by molar-refractivity contribution is -0.383. The largest absolute Gasteiger partial charge is 0.339 e. The molecule has 0 spiro atoms. The van der Waals surface area contributed by atoms with Crippen LogP contribution in [0.1, 0.15) is 18.6 Å². The van der Waals surface area contributed by atoms with Gasteiger partial charge in [-0.3, -0.25) is 10.1 Å². The Morgan fingerprint density at radius 1 is 1.40 bits per heavy atom. The van der Waals surface area contributed by atoms with Gasteiger partial charge in [-0.05, 0) is 12.1 Å². The number of hydrogen-bond acceptors (Lipinski definition) is 5. The molecule has 7 nitrogen and oxygen atoms in total. The molecular weight excluding hydrogens is 260 g/mol. The van der Waals surface area contributed by atoms with Gasteiger partial charge in [-0.2, -0.15) is 4.98 Å². The van der Waals surface area contributed by atoms with Crippen LogP contribution in [-0.2, 0) is 13.0 Å². The van der Waals surface area contributed by atoms with Crippen molar-refractivity contribution in [1.29, 1.82) is 0 Å². The Balaban J connectivity index is 2.00. The maximum Gasteiger partial charge on any atom is 0.278 e. The number of aromatic nitrogens is 3. The van der Waals surface area contributed by atoms with E-state index in [1.165, 1.54) is 6.07 Å². The Bertz CT molecular complexity index is 775. The molecule has 0 fully saturated rings. The zero-order valence-corrected chi connectivity index (χ0v) is 10.8. The van der Waals surface area contributed by atoms with Crippen LogP contribution in [0.25, 0.3) is 10.9 Å². The quantitative estimate of drug-likeness (QED) is 0.538. The number of nitro groups is 1. The van der Waals surface area contributed by atoms with Gasteiger partial charge >= 0.3 is 0 Å². The molecule has 102 valence electrons. The molecule has 0 saturated heterocycles. The van der Waals surface area contributed by atoms with Gasteiger partial charge in [0, 0.05) is 18.7 Å². The van der Waals surface area contributed by atoms with Crippen molar-refractivity contribution >= 4 is 16.6 Å². The van der Waals surface area contributed by atoms with Gasteiger partial charge in [0.25, 0.3) is 5.69 Å². The molecule has 0 saturated carbocycles. The van der Waals surface area contributed by atoms with E-state index >= 15 is 0 Å². The molecule has 2 aromatic heterocycles. The summed E-state index contributed by atoms with van der Waals surface area (Å²) < 4.78 is 6.92. The molecule has 0 N–H and O–H groups in total. The first-order chi connectivity index (χ1) is 9.69. The fourth-order valence-corrected chi connectivity index (χ4v) is 2.15. The summed E-state index contributed by atoms with van der Waals surface area (Å²) in [4.78, 5) is 14.8. The smallest absolute Gasteiger partial charge is 0.278 e. The van der Waals surface area contributed by atoms with E-state index in [1.807, 2.05) is 17.6 Å². The first-order valence-corrected chi connectivity index (χ1v) is 6.22. The van der Waals surface area contributed by atoms with Crippen LogP contribution in [0.5, 0.6) is 0 Å². The standard InChI is InChI=1S/C13H12N4O3/c1-2-13-14-12(15-20-13)8-16-7-6-9-10(16)4-3-5-11(9)17(18)19/h3-7H,2,8H2,1H3. The van der Waals surface area contributed by atoms with Crippen LogP contribution in [-0.4, -0.2) is 19.6 Å². The Morgan fingerprint density at radius 2 is 2.25 bits per heavy atom. The molecule has 0 aliphatic rings. The molecule has 20 heavy (non-hydrogen) atoms. The summed E-state index contributed by atoms with van der Waals surface area (Å²) in [5.74, 6) is 1.15. The first-order valence-electron chi connectivity index (χ1n) is 6.22. The number of aryl methyl sites for hydroxylation is 1. The number of rotatable bonds is 4. The summed E-state index contributed by atoms with van der Waals surface area (Å²) in [7, 11) is 0. The van der Waals surface area contributed by atoms with Gasteiger partial charge in [0.05, 0.1) is 22.4 Å². The number of benzene rings is 1. The fourth-order valence-electron chi connectivity index (χ4n) is 2.15. The summed E-state index contributed by atoms with van der Waals surface area (Å²) in [5, 5.41) is 15.5. The highest BCUT2D eigenvalue weighted by Gasteiger charge is 2.14. The van der Waals surface area contributed by atoms with Gasteiger partial charge in [0.2, 0.25) is 5.89 Å². The molecule has 0 radical (unpaired) electrons. The molecular formula is C13H12N4O3. The highest BCUT2D eigenvalue weighted by atomic mass is 16.6. The van der Waals surface area contributed by atoms with Crippen molar-refractivity contribution in [2.75, 3.05) is 0 Å². The summed E-state index contributed by atoms with van der Waals surface area (Å²) in [5.41, 5.74) is 0.880. The molecule has 0 unspecified atom stereocenters. The van der Waals surface area contributed by atoms with E-state index < -0.39 is 0 Å². The lowest BCUT2D eigenvalue weighted by Gasteiger charge is -2.01. The van der Waals surface area contributed by atoms with E-state index in [1.54, 1.807) is 18.3 Å². The summed E-state index contributed by atoms with van der Waals surface area (Å²) in [6.45, 7) is 2.36. The molecule has 0 atom stereocenters. The number of hydrogen-bond donors (Lipinski definition) is 0. The molecule has 0 amide bonds. The number of fused-ring (bicyclic) bond motifs is 1. The summed E-state index contributed by atoms with van der Waals surface area (Å²) in [6.07, 6.45) is 2.48. The first kappa shape index (κ1) is 12.3. The minimum Gasteiger partial charge on any atom is -0.339 e. The van der Waals surface area contributed by atoms with Crippen molar-refractivity contribution in [3.63, 3.8) is 0 Å². The number of nitro benzene ring substituents is 1. The molecule has 3 aromatic rings. The average Bonchev–Trinajstić information content (AvgIpc) is 3.06. The lowest BCUT2D eigenvalue weighted by Crippen LogP contribution is -2.00. The molecule has 1 aromatic carbocycles. The van der Waals surface area contributed by atoms with Crippen LogP contribution in [0.15, 0.2) is 35.0 Å². The normalized spacial score (nSPS) is 11.1. The van der Waals surface area contributed by atoms with Crippen LogP contribution < -0.4 is 0 Å². The highest BCUT2D eigenvalue weighted by Crippen LogP contribution is 2.26. The van der Waals surface area contributed by atoms with E-state index in [-0.39, 0.29) is 10.6 Å². The molecule has 2 heterocycles. The van der Waals surface area contributed by atoms with Crippen LogP contribution in [0.2, 0.25) is 0 Å². The van der Waals surface area contributed by atoms with E-state index in [2.05, 4.69) is 10.1 Å². The van der Waals surface area contributed by atoms with Gasteiger partial charge in [-0.1, -0.05) is 18.1 Å². The summed E-state index contributed by atoms with van der Waals surface area (Å²) >= 11 is 0. The second-order valence-corrected chi connectivity index (χ2v) is 4.37. The van der Waals surface area contributed by atoms with Crippen molar-refractivity contribution < 1.29 is 9.45 Å². The molecule has 7 heteroatoms. The maximum absolute atomic E-state index is 11.0. The van der Waals surface area contributed by atoms with E-state index in [0.29, 0.717) is 30.1 Å². The molecule has 0 bridgehead atoms. The van der Waals surface area contributed by atoms with Crippen molar-refractivity contribution in [2.45, 2.75) is 19.9 Å². The summed E-state index contributed by atoms with van der Waals surface area (Å²) in [6, 6.07) is 6.73. The van der Waals surface area contributed by atoms with Crippen LogP contribution in [0.4, 0.5) is 5.69 Å². The van der Waals surface area contributed by atoms with Crippen molar-refractivity contribution in [3.8, 4) is 0 Å². The van der Waals surface area contributed by atoms with Crippen LogP contribution >= 0.6 is 0 Å². The van der Waals surface area contributed by atoms with E-state index in [0.717, 1.165) is 5.52 Å².